The van der Waals surface area contributed by atoms with Gasteiger partial charge in [-0.15, -0.1) is 0 Å². The molecule has 0 saturated heterocycles. The van der Waals surface area contributed by atoms with Crippen LogP contribution in [0.5, 0.6) is 11.5 Å². The number of fused-ring (bicyclic) bond motifs is 3. The molecule has 3 heterocycles. The summed E-state index contributed by atoms with van der Waals surface area (Å²) < 4.78 is 39.2. The van der Waals surface area contributed by atoms with Crippen LogP contribution in [0.3, 0.4) is 0 Å². The van der Waals surface area contributed by atoms with Gasteiger partial charge in [-0.25, -0.2) is 9.00 Å². The van der Waals surface area contributed by atoms with Gasteiger partial charge in [0.1, 0.15) is 21.8 Å². The Kier molecular flexibility index (Phi) is 6.27. The van der Waals surface area contributed by atoms with Crippen molar-refractivity contribution in [1.82, 2.24) is 20.3 Å². The summed E-state index contributed by atoms with van der Waals surface area (Å²) in [5.74, 6) is 1.51. The lowest BCUT2D eigenvalue weighted by atomic mass is 10.0. The molecule has 1 unspecified atom stereocenters. The van der Waals surface area contributed by atoms with Crippen LogP contribution in [-0.2, 0) is 35.2 Å². The van der Waals surface area contributed by atoms with E-state index in [1.54, 1.807) is 29.1 Å². The lowest BCUT2D eigenvalue weighted by Gasteiger charge is -2.10. The van der Waals surface area contributed by atoms with E-state index in [4.69, 9.17) is 14.0 Å². The minimum absolute atomic E-state index is 0.313. The molecule has 0 aliphatic carbocycles. The van der Waals surface area contributed by atoms with Gasteiger partial charge in [0.2, 0.25) is 0 Å². The largest absolute Gasteiger partial charge is 0.495 e. The van der Waals surface area contributed by atoms with E-state index in [1.807, 2.05) is 18.3 Å². The van der Waals surface area contributed by atoms with Crippen LogP contribution in [0.25, 0.3) is 11.0 Å². The zero-order valence-corrected chi connectivity index (χ0v) is 19.9. The lowest BCUT2D eigenvalue weighted by Crippen LogP contribution is -2.21. The quantitative estimate of drug-likeness (QED) is 0.380. The van der Waals surface area contributed by atoms with Gasteiger partial charge < -0.3 is 24.1 Å². The number of methoxy groups -OCH3 is 2. The van der Waals surface area contributed by atoms with Crippen molar-refractivity contribution in [2.24, 2.45) is 0 Å². The SMILES string of the molecule is COC(=O)NCc1cnn(Cc2cc3onc(NS(=O)c4ccccc4OC)c3c3c2CCO3)c1. The van der Waals surface area contributed by atoms with Gasteiger partial charge in [0.15, 0.2) is 22.4 Å². The van der Waals surface area contributed by atoms with Crippen LogP contribution in [0.1, 0.15) is 16.7 Å². The number of benzene rings is 2. The number of hydrogen-bond donors (Lipinski definition) is 2. The molecule has 182 valence electrons. The molecule has 2 N–H and O–H groups in total. The van der Waals surface area contributed by atoms with Crippen molar-refractivity contribution < 1.29 is 27.7 Å². The van der Waals surface area contributed by atoms with Crippen LogP contribution < -0.4 is 19.5 Å². The predicted molar refractivity (Wildman–Crippen MR) is 127 cm³/mol. The highest BCUT2D eigenvalue weighted by molar-refractivity contribution is 7.86. The van der Waals surface area contributed by atoms with E-state index in [1.165, 1.54) is 14.2 Å². The van der Waals surface area contributed by atoms with Crippen LogP contribution in [0.4, 0.5) is 10.6 Å². The molecule has 2 aromatic carbocycles. The third-order valence-corrected chi connectivity index (χ3v) is 6.73. The highest BCUT2D eigenvalue weighted by Crippen LogP contribution is 2.41. The number of carbonyl (C=O) groups excluding carboxylic acids is 1. The molecular weight excluding hydrogens is 474 g/mol. The molecule has 12 heteroatoms. The summed E-state index contributed by atoms with van der Waals surface area (Å²) in [6.45, 7) is 1.32. The van der Waals surface area contributed by atoms with Gasteiger partial charge >= 0.3 is 6.09 Å². The van der Waals surface area contributed by atoms with Gasteiger partial charge in [-0.1, -0.05) is 17.3 Å². The van der Waals surface area contributed by atoms with Crippen LogP contribution in [-0.4, -0.2) is 46.1 Å². The average Bonchev–Trinajstić information content (AvgIpc) is 3.62. The molecule has 0 fully saturated rings. The molecule has 1 atom stereocenters. The Morgan fingerprint density at radius 3 is 2.97 bits per heavy atom. The molecule has 1 amide bonds. The Balaban J connectivity index is 1.41. The number of nitrogens with zero attached hydrogens (tertiary/aromatic N) is 3. The maximum absolute atomic E-state index is 13.0. The van der Waals surface area contributed by atoms with Gasteiger partial charge in [0.25, 0.3) is 0 Å². The van der Waals surface area contributed by atoms with Crippen molar-refractivity contribution in [2.75, 3.05) is 25.5 Å². The Labute approximate surface area is 202 Å². The molecular formula is C23H23N5O6S. The summed E-state index contributed by atoms with van der Waals surface area (Å²) in [6, 6.07) is 8.97. The summed E-state index contributed by atoms with van der Waals surface area (Å²) in [7, 11) is 1.22. The van der Waals surface area contributed by atoms with E-state index in [0.29, 0.717) is 52.9 Å². The van der Waals surface area contributed by atoms with Gasteiger partial charge in [-0.05, 0) is 23.8 Å². The zero-order valence-electron chi connectivity index (χ0n) is 19.1. The minimum Gasteiger partial charge on any atom is -0.495 e. The summed E-state index contributed by atoms with van der Waals surface area (Å²) >= 11 is 0. The first-order valence-corrected chi connectivity index (χ1v) is 11.9. The first-order valence-electron chi connectivity index (χ1n) is 10.8. The number of carbonyl (C=O) groups is 1. The summed E-state index contributed by atoms with van der Waals surface area (Å²) in [6.07, 6.45) is 3.76. The molecule has 35 heavy (non-hydrogen) atoms. The molecule has 11 nitrogen and oxygen atoms in total. The second-order valence-electron chi connectivity index (χ2n) is 7.76. The zero-order chi connectivity index (χ0) is 24.4. The van der Waals surface area contributed by atoms with Gasteiger partial charge in [-0.2, -0.15) is 5.10 Å². The van der Waals surface area contributed by atoms with Crippen molar-refractivity contribution in [1.29, 1.82) is 0 Å². The van der Waals surface area contributed by atoms with E-state index in [2.05, 4.69) is 25.0 Å². The fourth-order valence-corrected chi connectivity index (χ4v) is 4.94. The highest BCUT2D eigenvalue weighted by Gasteiger charge is 2.26. The molecule has 5 rings (SSSR count). The topological polar surface area (TPSA) is 130 Å². The van der Waals surface area contributed by atoms with Gasteiger partial charge in [0, 0.05) is 30.3 Å². The van der Waals surface area contributed by atoms with Gasteiger partial charge in [-0.3, -0.25) is 9.40 Å². The predicted octanol–water partition coefficient (Wildman–Crippen LogP) is 3.01. The fraction of sp³-hybridized carbons (Fsp3) is 0.261. The minimum atomic E-state index is -1.62. The Morgan fingerprint density at radius 1 is 1.29 bits per heavy atom. The second-order valence-corrected chi connectivity index (χ2v) is 8.94. The van der Waals surface area contributed by atoms with Crippen molar-refractivity contribution >= 4 is 33.9 Å². The normalized spacial score (nSPS) is 13.2. The van der Waals surface area contributed by atoms with Gasteiger partial charge in [0.05, 0.1) is 33.6 Å². The number of rotatable bonds is 8. The Bertz CT molecular complexity index is 1410. The molecule has 1 aliphatic rings. The number of ether oxygens (including phenoxy) is 3. The molecule has 0 spiro atoms. The number of alkyl carbamates (subject to hydrolysis) is 1. The number of amides is 1. The molecule has 0 bridgehead atoms. The molecule has 1 aliphatic heterocycles. The van der Waals surface area contributed by atoms with E-state index in [0.717, 1.165) is 23.1 Å². The maximum Gasteiger partial charge on any atom is 0.407 e. The number of nitrogens with one attached hydrogen (secondary N) is 2. The van der Waals surface area contributed by atoms with Crippen LogP contribution in [0.2, 0.25) is 0 Å². The fourth-order valence-electron chi connectivity index (χ4n) is 3.98. The highest BCUT2D eigenvalue weighted by atomic mass is 32.2. The monoisotopic (exact) mass is 497 g/mol. The van der Waals surface area contributed by atoms with E-state index in [9.17, 15) is 9.00 Å². The van der Waals surface area contributed by atoms with E-state index in [-0.39, 0.29) is 0 Å². The third-order valence-electron chi connectivity index (χ3n) is 5.61. The van der Waals surface area contributed by atoms with E-state index >= 15 is 0 Å². The van der Waals surface area contributed by atoms with Crippen molar-refractivity contribution in [2.45, 2.75) is 24.4 Å². The average molecular weight is 498 g/mol. The molecule has 2 aromatic heterocycles. The standard InChI is InChI=1S/C23H23N5O6S/c1-31-17-5-3-4-6-19(17)35(30)27-22-20-18(34-26-22)9-15(16-7-8-33-21(16)20)13-28-12-14(11-25-28)10-24-23(29)32-2/h3-6,9,11-12H,7-8,10,13H2,1-2H3,(H,24,29)(H,26,27). The number of aromatic nitrogens is 3. The first kappa shape index (κ1) is 22.7. The third kappa shape index (κ3) is 4.52. The molecule has 0 saturated carbocycles. The Hall–Kier alpha value is -4.06. The van der Waals surface area contributed by atoms with Crippen LogP contribution in [0, 0.1) is 0 Å². The summed E-state index contributed by atoms with van der Waals surface area (Å²) in [5, 5.41) is 11.8. The van der Waals surface area contributed by atoms with Crippen molar-refractivity contribution in [3.8, 4) is 11.5 Å². The smallest absolute Gasteiger partial charge is 0.407 e. The number of para-hydroxylation sites is 1. The number of hydrogen-bond acceptors (Lipinski definition) is 8. The molecule has 0 radical (unpaired) electrons. The Morgan fingerprint density at radius 2 is 2.14 bits per heavy atom. The number of anilines is 1. The van der Waals surface area contributed by atoms with Crippen LogP contribution >= 0.6 is 0 Å². The summed E-state index contributed by atoms with van der Waals surface area (Å²) in [4.78, 5) is 11.8. The second kappa shape index (κ2) is 9.66. The van der Waals surface area contributed by atoms with Crippen molar-refractivity contribution in [3.63, 3.8) is 0 Å². The maximum atomic E-state index is 13.0. The summed E-state index contributed by atoms with van der Waals surface area (Å²) in [5.41, 5.74) is 3.36. The lowest BCUT2D eigenvalue weighted by molar-refractivity contribution is 0.170. The molecule has 4 aromatic rings. The van der Waals surface area contributed by atoms with Crippen LogP contribution in [0.15, 0.2) is 52.1 Å². The van der Waals surface area contributed by atoms with E-state index < -0.39 is 17.1 Å². The van der Waals surface area contributed by atoms with Crippen molar-refractivity contribution in [3.05, 3.63) is 59.4 Å². The first-order chi connectivity index (χ1) is 17.1.